The fourth-order valence-corrected chi connectivity index (χ4v) is 8.08. The van der Waals surface area contributed by atoms with Crippen molar-refractivity contribution in [3.8, 4) is 11.5 Å². The van der Waals surface area contributed by atoms with Crippen molar-refractivity contribution in [2.45, 2.75) is 101 Å². The van der Waals surface area contributed by atoms with E-state index in [1.807, 2.05) is 0 Å². The number of alkyl halides is 6. The molecule has 10 nitrogen and oxygen atoms in total. The fourth-order valence-electron chi connectivity index (χ4n) is 7.41. The van der Waals surface area contributed by atoms with Crippen LogP contribution < -0.4 is 9.47 Å². The van der Waals surface area contributed by atoms with Crippen molar-refractivity contribution in [3.05, 3.63) is 75.7 Å². The number of unbranched alkanes of at least 4 members (excludes halogenated alkanes) is 2. The predicted molar refractivity (Wildman–Crippen MR) is 189 cm³/mol. The van der Waals surface area contributed by atoms with Gasteiger partial charge < -0.3 is 29.5 Å². The lowest BCUT2D eigenvalue weighted by molar-refractivity contribution is -0.163. The van der Waals surface area contributed by atoms with Gasteiger partial charge in [-0.2, -0.15) is 26.3 Å². The molecule has 300 valence electrons. The third kappa shape index (κ3) is 9.54. The van der Waals surface area contributed by atoms with Crippen LogP contribution in [0, 0.1) is 0 Å². The molecule has 5 rings (SSSR count). The number of pyridine rings is 1. The largest absolute Gasteiger partial charge is 0.493 e. The summed E-state index contributed by atoms with van der Waals surface area (Å²) >= 11 is 0.364. The van der Waals surface area contributed by atoms with Gasteiger partial charge in [0.1, 0.15) is 22.1 Å². The number of aliphatic hydroxyl groups is 1. The molecule has 0 spiro atoms. The normalized spacial score (nSPS) is 20.3. The fraction of sp³-hybridized carbons (Fsp3) is 0.526. The highest BCUT2D eigenvalue weighted by Gasteiger charge is 2.56. The summed E-state index contributed by atoms with van der Waals surface area (Å²) in [5.74, 6) is -2.46. The molecule has 0 aliphatic carbocycles. The molecule has 2 N–H and O–H groups in total. The minimum atomic E-state index is -4.92. The van der Waals surface area contributed by atoms with Crippen molar-refractivity contribution in [1.82, 2.24) is 14.8 Å². The summed E-state index contributed by atoms with van der Waals surface area (Å²) in [6.45, 7) is 1.94. The van der Waals surface area contributed by atoms with Gasteiger partial charge in [0.25, 0.3) is 11.8 Å². The standard InChI is InChI=1S/C38H43F6N3O7S/c1-2-10-29-36(54-25-23-30(55-24-25)38(42,43)44,15-9-19-47(29)33(50)32-27(37(39,40)41)12-8-18-45-32)34(51)46-20-16-35(52,17-21-46)26-11-5-6-13-28(26)53-22-7-3-4-14-31(48)49/h5-6,8,11-13,18,23-24,29,52H,2-4,7,9-10,14-17,19-22H2,1H3,(H,48,49)/t29-,36+/m1/s1. The number of piperidine rings is 2. The highest BCUT2D eigenvalue weighted by atomic mass is 32.1. The maximum atomic E-state index is 14.9. The third-order valence-electron chi connectivity index (χ3n) is 10.1. The van der Waals surface area contributed by atoms with Crippen LogP contribution in [0.5, 0.6) is 11.5 Å². The summed E-state index contributed by atoms with van der Waals surface area (Å²) in [5.41, 5.74) is -5.06. The lowest BCUT2D eigenvalue weighted by atomic mass is 9.78. The number of rotatable bonds is 14. The molecule has 2 amide bonds. The van der Waals surface area contributed by atoms with Crippen molar-refractivity contribution in [3.63, 3.8) is 0 Å². The molecule has 2 atom stereocenters. The zero-order chi connectivity index (χ0) is 40.0. The number of thiophene rings is 1. The SMILES string of the molecule is CCC[C@H]1N(C(=O)c2ncccc2C(F)(F)F)CCC[C@@]1(Oc1csc(C(F)(F)F)c1)C(=O)N1CCC(O)(c2ccccc2OCCCCCC(=O)O)CC1. The van der Waals surface area contributed by atoms with Gasteiger partial charge in [0.15, 0.2) is 0 Å². The van der Waals surface area contributed by atoms with Crippen molar-refractivity contribution in [1.29, 1.82) is 0 Å². The molecule has 3 aromatic rings. The molecule has 55 heavy (non-hydrogen) atoms. The van der Waals surface area contributed by atoms with Crippen LogP contribution in [0.4, 0.5) is 26.3 Å². The van der Waals surface area contributed by atoms with E-state index >= 15 is 0 Å². The number of halogens is 6. The quantitative estimate of drug-likeness (QED) is 0.124. The molecule has 0 radical (unpaired) electrons. The van der Waals surface area contributed by atoms with E-state index in [2.05, 4.69) is 4.98 Å². The van der Waals surface area contributed by atoms with Gasteiger partial charge in [0, 0.05) is 55.7 Å². The number of carbonyl (C=O) groups excluding carboxylic acids is 2. The van der Waals surface area contributed by atoms with Crippen LogP contribution in [0.15, 0.2) is 54.0 Å². The molecule has 2 aliphatic rings. The number of ether oxygens (including phenoxy) is 2. The van der Waals surface area contributed by atoms with Crippen LogP contribution in [-0.2, 0) is 27.5 Å². The highest BCUT2D eigenvalue weighted by Crippen LogP contribution is 2.44. The number of amides is 2. The Morgan fingerprint density at radius 3 is 2.35 bits per heavy atom. The predicted octanol–water partition coefficient (Wildman–Crippen LogP) is 7.94. The second-order valence-corrected chi connectivity index (χ2v) is 14.7. The lowest BCUT2D eigenvalue weighted by Gasteiger charge is -2.51. The van der Waals surface area contributed by atoms with Gasteiger partial charge >= 0.3 is 18.3 Å². The minimum absolute atomic E-state index is 0.0212. The number of hydrogen-bond donors (Lipinski definition) is 2. The Morgan fingerprint density at radius 1 is 0.964 bits per heavy atom. The van der Waals surface area contributed by atoms with Crippen LogP contribution in [0.25, 0.3) is 0 Å². The average molecular weight is 800 g/mol. The number of aromatic nitrogens is 1. The van der Waals surface area contributed by atoms with Gasteiger partial charge in [-0.15, -0.1) is 11.3 Å². The highest BCUT2D eigenvalue weighted by molar-refractivity contribution is 7.10. The zero-order valence-electron chi connectivity index (χ0n) is 30.1. The number of carboxylic acids is 1. The van der Waals surface area contributed by atoms with Crippen molar-refractivity contribution >= 4 is 29.1 Å². The smallest absolute Gasteiger partial charge is 0.425 e. The van der Waals surface area contributed by atoms with Gasteiger partial charge in [-0.3, -0.25) is 19.4 Å². The molecule has 0 unspecified atom stereocenters. The molecule has 2 fully saturated rings. The lowest BCUT2D eigenvalue weighted by Crippen LogP contribution is -2.68. The first-order valence-corrected chi connectivity index (χ1v) is 19.0. The first-order chi connectivity index (χ1) is 26.0. The second-order valence-electron chi connectivity index (χ2n) is 13.8. The maximum absolute atomic E-state index is 14.9. The number of nitrogens with zero attached hydrogens (tertiary/aromatic N) is 3. The van der Waals surface area contributed by atoms with E-state index in [0.717, 1.165) is 34.7 Å². The Hall–Kier alpha value is -4.38. The number of hydrogen-bond acceptors (Lipinski definition) is 8. The molecular weight excluding hydrogens is 756 g/mol. The van der Waals surface area contributed by atoms with E-state index in [9.17, 15) is 45.8 Å². The summed E-state index contributed by atoms with van der Waals surface area (Å²) < 4.78 is 95.4. The van der Waals surface area contributed by atoms with Crippen LogP contribution in [-0.4, -0.2) is 80.7 Å². The Bertz CT molecular complexity index is 1810. The second kappa shape index (κ2) is 17.2. The van der Waals surface area contributed by atoms with Gasteiger partial charge in [0.2, 0.25) is 5.60 Å². The number of likely N-dealkylation sites (tertiary alicyclic amines) is 2. The number of carboxylic acid groups (broad SMARTS) is 1. The summed E-state index contributed by atoms with van der Waals surface area (Å²) in [6.07, 6.45) is -6.26. The third-order valence-corrected chi connectivity index (χ3v) is 11.0. The van der Waals surface area contributed by atoms with E-state index < -0.39 is 63.5 Å². The van der Waals surface area contributed by atoms with Gasteiger partial charge in [0.05, 0.1) is 23.8 Å². The van der Waals surface area contributed by atoms with Gasteiger partial charge in [-0.1, -0.05) is 31.5 Å². The molecule has 4 heterocycles. The van der Waals surface area contributed by atoms with Crippen molar-refractivity contribution in [2.75, 3.05) is 26.2 Å². The Morgan fingerprint density at radius 2 is 1.69 bits per heavy atom. The van der Waals surface area contributed by atoms with Crippen LogP contribution >= 0.6 is 11.3 Å². The van der Waals surface area contributed by atoms with Crippen LogP contribution in [0.3, 0.4) is 0 Å². The van der Waals surface area contributed by atoms with E-state index in [1.54, 1.807) is 31.2 Å². The van der Waals surface area contributed by atoms with E-state index in [4.69, 9.17) is 14.6 Å². The number of para-hydroxylation sites is 1. The zero-order valence-corrected chi connectivity index (χ0v) is 30.9. The summed E-state index contributed by atoms with van der Waals surface area (Å²) in [6, 6.07) is 8.26. The molecular formula is C38H43F6N3O7S. The van der Waals surface area contributed by atoms with Crippen molar-refractivity contribution < 1.29 is 60.4 Å². The molecule has 2 aliphatic heterocycles. The summed E-state index contributed by atoms with van der Waals surface area (Å²) in [5, 5.41) is 21.9. The van der Waals surface area contributed by atoms with E-state index in [0.29, 0.717) is 48.3 Å². The molecule has 0 bridgehead atoms. The van der Waals surface area contributed by atoms with Crippen LogP contribution in [0.1, 0.15) is 97.6 Å². The Balaban J connectivity index is 1.44. The minimum Gasteiger partial charge on any atom is -0.493 e. The Labute approximate surface area is 318 Å². The van der Waals surface area contributed by atoms with Gasteiger partial charge in [-0.25, -0.2) is 0 Å². The number of aliphatic carboxylic acids is 1. The molecule has 17 heteroatoms. The van der Waals surface area contributed by atoms with E-state index in [1.165, 1.54) is 4.90 Å². The summed E-state index contributed by atoms with van der Waals surface area (Å²) in [7, 11) is 0. The first kappa shape index (κ1) is 41.8. The van der Waals surface area contributed by atoms with Crippen LogP contribution in [0.2, 0.25) is 0 Å². The Kier molecular flexibility index (Phi) is 13.1. The molecule has 1 aromatic carbocycles. The van der Waals surface area contributed by atoms with Crippen molar-refractivity contribution in [2.24, 2.45) is 0 Å². The summed E-state index contributed by atoms with van der Waals surface area (Å²) in [4.78, 5) is 45.1. The maximum Gasteiger partial charge on any atom is 0.425 e. The monoisotopic (exact) mass is 799 g/mol. The number of benzene rings is 1. The van der Waals surface area contributed by atoms with Gasteiger partial charge in [-0.05, 0) is 63.1 Å². The number of carbonyl (C=O) groups is 3. The molecule has 0 saturated carbocycles. The topological polar surface area (TPSA) is 130 Å². The molecule has 2 aromatic heterocycles. The van der Waals surface area contributed by atoms with E-state index in [-0.39, 0.29) is 70.5 Å². The first-order valence-electron chi connectivity index (χ1n) is 18.1. The molecule has 2 saturated heterocycles. The average Bonchev–Trinajstić information content (AvgIpc) is 3.62.